The average molecular weight is 369 g/mol. The van der Waals surface area contributed by atoms with Gasteiger partial charge in [-0.05, 0) is 55.2 Å². The second-order valence-electron chi connectivity index (χ2n) is 6.93. The van der Waals surface area contributed by atoms with Crippen LogP contribution in [0.25, 0.3) is 0 Å². The van der Waals surface area contributed by atoms with Crippen LogP contribution in [0.3, 0.4) is 0 Å². The second-order valence-corrected chi connectivity index (χ2v) is 6.93. The molecule has 2 aromatic carbocycles. The van der Waals surface area contributed by atoms with Gasteiger partial charge in [-0.15, -0.1) is 0 Å². The molecule has 1 aliphatic rings. The summed E-state index contributed by atoms with van der Waals surface area (Å²) in [6.45, 7) is 3.36. The van der Waals surface area contributed by atoms with Crippen molar-refractivity contribution in [3.63, 3.8) is 0 Å². The lowest BCUT2D eigenvalue weighted by molar-refractivity contribution is -0.126. The molecule has 3 amide bonds. The molecule has 0 radical (unpaired) electrons. The van der Waals surface area contributed by atoms with E-state index in [-0.39, 0.29) is 23.7 Å². The minimum atomic E-state index is -0.298. The maximum atomic E-state index is 12.9. The zero-order valence-corrected chi connectivity index (χ0v) is 15.4. The number of carbonyl (C=O) groups is 2. The fourth-order valence-corrected chi connectivity index (χ4v) is 3.24. The summed E-state index contributed by atoms with van der Waals surface area (Å²) < 4.78 is 12.9. The lowest BCUT2D eigenvalue weighted by Crippen LogP contribution is -2.46. The van der Waals surface area contributed by atoms with Crippen molar-refractivity contribution < 1.29 is 14.0 Å². The van der Waals surface area contributed by atoms with E-state index >= 15 is 0 Å². The molecule has 0 bridgehead atoms. The number of likely N-dealkylation sites (tertiary alicyclic amines) is 1. The highest BCUT2D eigenvalue weighted by Gasteiger charge is 2.28. The molecule has 2 aromatic rings. The first-order valence-corrected chi connectivity index (χ1v) is 9.16. The van der Waals surface area contributed by atoms with Gasteiger partial charge in [0.25, 0.3) is 0 Å². The van der Waals surface area contributed by atoms with Crippen LogP contribution < -0.4 is 10.6 Å². The molecule has 0 spiro atoms. The van der Waals surface area contributed by atoms with E-state index in [0.717, 1.165) is 29.7 Å². The molecule has 1 aliphatic heterocycles. The zero-order valence-electron chi connectivity index (χ0n) is 15.4. The topological polar surface area (TPSA) is 61.4 Å². The van der Waals surface area contributed by atoms with E-state index in [1.54, 1.807) is 17.0 Å². The number of nitrogens with one attached hydrogen (secondary N) is 2. The van der Waals surface area contributed by atoms with Gasteiger partial charge in [0.1, 0.15) is 5.82 Å². The molecule has 27 heavy (non-hydrogen) atoms. The fraction of sp³-hybridized carbons (Fsp3) is 0.333. The minimum absolute atomic E-state index is 0.0765. The van der Waals surface area contributed by atoms with Crippen molar-refractivity contribution in [3.05, 3.63) is 65.5 Å². The number of halogens is 1. The van der Waals surface area contributed by atoms with Gasteiger partial charge in [0, 0.05) is 25.3 Å². The molecule has 0 saturated carbocycles. The van der Waals surface area contributed by atoms with Crippen LogP contribution in [0.2, 0.25) is 0 Å². The van der Waals surface area contributed by atoms with Gasteiger partial charge < -0.3 is 15.5 Å². The van der Waals surface area contributed by atoms with Crippen molar-refractivity contribution >= 4 is 17.6 Å². The van der Waals surface area contributed by atoms with Gasteiger partial charge in [0.2, 0.25) is 5.91 Å². The molecule has 5 nitrogen and oxygen atoms in total. The number of hydrogen-bond donors (Lipinski definition) is 2. The molecular weight excluding hydrogens is 345 g/mol. The minimum Gasteiger partial charge on any atom is -0.352 e. The number of carbonyl (C=O) groups excluding carboxylic acids is 2. The maximum absolute atomic E-state index is 12.9. The van der Waals surface area contributed by atoms with Crippen LogP contribution in [-0.2, 0) is 11.3 Å². The molecule has 1 saturated heterocycles. The van der Waals surface area contributed by atoms with Gasteiger partial charge in [-0.2, -0.15) is 0 Å². The van der Waals surface area contributed by atoms with Crippen LogP contribution in [0.5, 0.6) is 0 Å². The van der Waals surface area contributed by atoms with Gasteiger partial charge in [0.05, 0.1) is 5.92 Å². The Kier molecular flexibility index (Phi) is 6.06. The number of rotatable bonds is 4. The fourth-order valence-electron chi connectivity index (χ4n) is 3.24. The number of amides is 3. The largest absolute Gasteiger partial charge is 0.352 e. The van der Waals surface area contributed by atoms with Crippen LogP contribution in [0, 0.1) is 18.7 Å². The molecule has 0 unspecified atom stereocenters. The van der Waals surface area contributed by atoms with Crippen LogP contribution in [0.4, 0.5) is 14.9 Å². The van der Waals surface area contributed by atoms with Crippen molar-refractivity contribution in [1.82, 2.24) is 10.2 Å². The van der Waals surface area contributed by atoms with Gasteiger partial charge in [-0.3, -0.25) is 4.79 Å². The van der Waals surface area contributed by atoms with Gasteiger partial charge in [-0.1, -0.05) is 24.3 Å². The standard InChI is InChI=1S/C21H24FN3O2/c1-15-4-2-6-19(12-15)24-21(27)25-11-3-5-17(14-25)20(26)23-13-16-7-9-18(22)10-8-16/h2,4,6-10,12,17H,3,5,11,13-14H2,1H3,(H,23,26)(H,24,27)/t17-/m1/s1. The van der Waals surface area contributed by atoms with E-state index in [1.165, 1.54) is 12.1 Å². The Hall–Kier alpha value is -2.89. The average Bonchev–Trinajstić information content (AvgIpc) is 2.67. The first-order valence-electron chi connectivity index (χ1n) is 9.16. The lowest BCUT2D eigenvalue weighted by Gasteiger charge is -2.32. The molecule has 0 aromatic heterocycles. The SMILES string of the molecule is Cc1cccc(NC(=O)N2CCC[C@@H](C(=O)NCc3ccc(F)cc3)C2)c1. The highest BCUT2D eigenvalue weighted by Crippen LogP contribution is 2.19. The van der Waals surface area contributed by atoms with Crippen LogP contribution >= 0.6 is 0 Å². The van der Waals surface area contributed by atoms with E-state index in [2.05, 4.69) is 10.6 Å². The number of aryl methyl sites for hydroxylation is 1. The monoisotopic (exact) mass is 369 g/mol. The van der Waals surface area contributed by atoms with Crippen molar-refractivity contribution in [2.75, 3.05) is 18.4 Å². The molecule has 6 heteroatoms. The Labute approximate surface area is 158 Å². The number of urea groups is 1. The zero-order chi connectivity index (χ0) is 19.2. The first kappa shape index (κ1) is 18.9. The molecular formula is C21H24FN3O2. The summed E-state index contributed by atoms with van der Waals surface area (Å²) in [7, 11) is 0. The van der Waals surface area contributed by atoms with Crippen molar-refractivity contribution in [1.29, 1.82) is 0 Å². The number of hydrogen-bond acceptors (Lipinski definition) is 2. The normalized spacial score (nSPS) is 16.7. The Morgan fingerprint density at radius 2 is 1.96 bits per heavy atom. The van der Waals surface area contributed by atoms with E-state index in [9.17, 15) is 14.0 Å². The number of piperidine rings is 1. The Balaban J connectivity index is 1.52. The predicted octanol–water partition coefficient (Wildman–Crippen LogP) is 3.69. The van der Waals surface area contributed by atoms with Crippen molar-refractivity contribution in [2.45, 2.75) is 26.3 Å². The quantitative estimate of drug-likeness (QED) is 0.863. The summed E-state index contributed by atoms with van der Waals surface area (Å²) in [4.78, 5) is 26.7. The van der Waals surface area contributed by atoms with Gasteiger partial charge >= 0.3 is 6.03 Å². The molecule has 3 rings (SSSR count). The van der Waals surface area contributed by atoms with Gasteiger partial charge in [0.15, 0.2) is 0 Å². The molecule has 1 atom stereocenters. The number of nitrogens with zero attached hydrogens (tertiary/aromatic N) is 1. The highest BCUT2D eigenvalue weighted by molar-refractivity contribution is 5.90. The third kappa shape index (κ3) is 5.29. The Morgan fingerprint density at radius 3 is 2.70 bits per heavy atom. The van der Waals surface area contributed by atoms with Crippen LogP contribution in [0.1, 0.15) is 24.0 Å². The van der Waals surface area contributed by atoms with Crippen molar-refractivity contribution in [2.24, 2.45) is 5.92 Å². The Bertz CT molecular complexity index is 807. The molecule has 0 aliphatic carbocycles. The maximum Gasteiger partial charge on any atom is 0.321 e. The summed E-state index contributed by atoms with van der Waals surface area (Å²) in [5, 5.41) is 5.78. The summed E-state index contributed by atoms with van der Waals surface area (Å²) in [6.07, 6.45) is 1.54. The molecule has 1 fully saturated rings. The lowest BCUT2D eigenvalue weighted by atomic mass is 9.97. The van der Waals surface area contributed by atoms with E-state index in [0.29, 0.717) is 19.6 Å². The van der Waals surface area contributed by atoms with E-state index in [4.69, 9.17) is 0 Å². The highest BCUT2D eigenvalue weighted by atomic mass is 19.1. The molecule has 2 N–H and O–H groups in total. The smallest absolute Gasteiger partial charge is 0.321 e. The van der Waals surface area contributed by atoms with Crippen molar-refractivity contribution in [3.8, 4) is 0 Å². The Morgan fingerprint density at radius 1 is 1.19 bits per heavy atom. The van der Waals surface area contributed by atoms with Gasteiger partial charge in [-0.25, -0.2) is 9.18 Å². The predicted molar refractivity (Wildman–Crippen MR) is 103 cm³/mol. The number of benzene rings is 2. The van der Waals surface area contributed by atoms with E-state index in [1.807, 2.05) is 31.2 Å². The summed E-state index contributed by atoms with van der Waals surface area (Å²) >= 11 is 0. The van der Waals surface area contributed by atoms with Crippen LogP contribution in [0.15, 0.2) is 48.5 Å². The first-order chi connectivity index (χ1) is 13.0. The molecule has 1 heterocycles. The third-order valence-electron chi connectivity index (χ3n) is 4.73. The third-order valence-corrected chi connectivity index (χ3v) is 4.73. The molecule has 142 valence electrons. The van der Waals surface area contributed by atoms with E-state index < -0.39 is 0 Å². The van der Waals surface area contributed by atoms with Crippen LogP contribution in [-0.4, -0.2) is 29.9 Å². The summed E-state index contributed by atoms with van der Waals surface area (Å²) in [6, 6.07) is 13.5. The summed E-state index contributed by atoms with van der Waals surface area (Å²) in [5.41, 5.74) is 2.67. The number of anilines is 1. The second kappa shape index (κ2) is 8.66. The summed E-state index contributed by atoms with van der Waals surface area (Å²) in [5.74, 6) is -0.609.